The van der Waals surface area contributed by atoms with Gasteiger partial charge in [-0.3, -0.25) is 4.79 Å². The van der Waals surface area contributed by atoms with Gasteiger partial charge < -0.3 is 15.5 Å². The fourth-order valence-corrected chi connectivity index (χ4v) is 3.39. The molecule has 2 rings (SSSR count). The number of hydrogen-bond acceptors (Lipinski definition) is 3. The van der Waals surface area contributed by atoms with Crippen LogP contribution in [0.15, 0.2) is 0 Å². The molecule has 1 saturated carbocycles. The lowest BCUT2D eigenvalue weighted by atomic mass is 9.94. The van der Waals surface area contributed by atoms with Gasteiger partial charge in [0.25, 0.3) is 0 Å². The molecule has 1 unspecified atom stereocenters. The maximum absolute atomic E-state index is 10.9. The van der Waals surface area contributed by atoms with E-state index in [2.05, 4.69) is 15.5 Å². The smallest absolute Gasteiger partial charge is 0.216 e. The molecule has 1 saturated heterocycles. The van der Waals surface area contributed by atoms with Gasteiger partial charge in [-0.1, -0.05) is 19.3 Å². The van der Waals surface area contributed by atoms with E-state index in [1.807, 2.05) is 0 Å². The zero-order valence-corrected chi connectivity index (χ0v) is 12.3. The maximum Gasteiger partial charge on any atom is 0.216 e. The average Bonchev–Trinajstić information content (AvgIpc) is 2.40. The van der Waals surface area contributed by atoms with Gasteiger partial charge in [0.1, 0.15) is 0 Å². The Kier molecular flexibility index (Phi) is 6.11. The van der Waals surface area contributed by atoms with Crippen LogP contribution >= 0.6 is 0 Å². The van der Waals surface area contributed by atoms with Crippen molar-refractivity contribution in [1.29, 1.82) is 0 Å². The summed E-state index contributed by atoms with van der Waals surface area (Å²) in [5.74, 6) is 0.0777. The molecule has 1 amide bonds. The fourth-order valence-electron chi connectivity index (χ4n) is 3.39. The third-order valence-electron chi connectivity index (χ3n) is 4.38. The molecule has 0 spiro atoms. The molecule has 4 heteroatoms. The van der Waals surface area contributed by atoms with Crippen molar-refractivity contribution >= 4 is 5.91 Å². The zero-order valence-electron chi connectivity index (χ0n) is 12.3. The number of rotatable bonds is 5. The summed E-state index contributed by atoms with van der Waals surface area (Å²) in [6, 6.07) is 1.42. The van der Waals surface area contributed by atoms with Gasteiger partial charge in [-0.15, -0.1) is 0 Å². The van der Waals surface area contributed by atoms with Crippen LogP contribution in [-0.2, 0) is 4.79 Å². The molecule has 0 aromatic rings. The van der Waals surface area contributed by atoms with Crippen LogP contribution in [0, 0.1) is 0 Å². The monoisotopic (exact) mass is 267 g/mol. The molecule has 0 aromatic carbocycles. The SMILES string of the molecule is CC(=O)NCCN1CCCC(NC2CCCCC2)C1. The van der Waals surface area contributed by atoms with Gasteiger partial charge >= 0.3 is 0 Å². The first-order chi connectivity index (χ1) is 9.24. The number of carbonyl (C=O) groups excluding carboxylic acids is 1. The Hall–Kier alpha value is -0.610. The van der Waals surface area contributed by atoms with E-state index in [-0.39, 0.29) is 5.91 Å². The molecule has 19 heavy (non-hydrogen) atoms. The number of nitrogens with one attached hydrogen (secondary N) is 2. The first-order valence-electron chi connectivity index (χ1n) is 7.97. The lowest BCUT2D eigenvalue weighted by molar-refractivity contribution is -0.119. The molecule has 2 fully saturated rings. The highest BCUT2D eigenvalue weighted by Gasteiger charge is 2.22. The van der Waals surface area contributed by atoms with Crippen LogP contribution in [0.4, 0.5) is 0 Å². The molecular formula is C15H29N3O. The van der Waals surface area contributed by atoms with E-state index in [1.165, 1.54) is 51.5 Å². The number of amides is 1. The fraction of sp³-hybridized carbons (Fsp3) is 0.933. The minimum absolute atomic E-state index is 0.0777. The average molecular weight is 267 g/mol. The first kappa shape index (κ1) is 14.8. The first-order valence-corrected chi connectivity index (χ1v) is 7.97. The van der Waals surface area contributed by atoms with Crippen LogP contribution in [-0.4, -0.2) is 49.1 Å². The second-order valence-corrected chi connectivity index (χ2v) is 6.12. The highest BCUT2D eigenvalue weighted by molar-refractivity contribution is 5.72. The van der Waals surface area contributed by atoms with E-state index in [0.29, 0.717) is 6.04 Å². The van der Waals surface area contributed by atoms with Crippen molar-refractivity contribution in [3.8, 4) is 0 Å². The standard InChI is InChI=1S/C15H29N3O/c1-13(19)16-9-11-18-10-5-8-15(12-18)17-14-6-3-2-4-7-14/h14-15,17H,2-12H2,1H3,(H,16,19). The van der Waals surface area contributed by atoms with Gasteiger partial charge in [0.2, 0.25) is 5.91 Å². The topological polar surface area (TPSA) is 44.4 Å². The number of likely N-dealkylation sites (tertiary alicyclic amines) is 1. The van der Waals surface area contributed by atoms with Crippen LogP contribution in [0.2, 0.25) is 0 Å². The quantitative estimate of drug-likeness (QED) is 0.793. The summed E-state index contributed by atoms with van der Waals surface area (Å²) < 4.78 is 0. The van der Waals surface area contributed by atoms with E-state index in [1.54, 1.807) is 6.92 Å². The summed E-state index contributed by atoms with van der Waals surface area (Å²) in [5, 5.41) is 6.75. The van der Waals surface area contributed by atoms with Crippen LogP contribution in [0.5, 0.6) is 0 Å². The molecule has 1 aliphatic carbocycles. The molecule has 1 heterocycles. The predicted molar refractivity (Wildman–Crippen MR) is 78.2 cm³/mol. The molecule has 2 N–H and O–H groups in total. The number of nitrogens with zero attached hydrogens (tertiary/aromatic N) is 1. The summed E-state index contributed by atoms with van der Waals surface area (Å²) in [6.45, 7) is 5.69. The largest absolute Gasteiger partial charge is 0.355 e. The van der Waals surface area contributed by atoms with E-state index in [0.717, 1.165) is 25.7 Å². The molecule has 4 nitrogen and oxygen atoms in total. The summed E-state index contributed by atoms with van der Waals surface area (Å²) in [4.78, 5) is 13.4. The minimum Gasteiger partial charge on any atom is -0.355 e. The summed E-state index contributed by atoms with van der Waals surface area (Å²) in [5.41, 5.74) is 0. The van der Waals surface area contributed by atoms with Crippen molar-refractivity contribution in [2.75, 3.05) is 26.2 Å². The second-order valence-electron chi connectivity index (χ2n) is 6.12. The van der Waals surface area contributed by atoms with Gasteiger partial charge in [-0.05, 0) is 32.2 Å². The van der Waals surface area contributed by atoms with Crippen LogP contribution < -0.4 is 10.6 Å². The number of hydrogen-bond donors (Lipinski definition) is 2. The molecule has 0 aromatic heterocycles. The summed E-state index contributed by atoms with van der Waals surface area (Å²) in [6.07, 6.45) is 9.54. The highest BCUT2D eigenvalue weighted by Crippen LogP contribution is 2.19. The maximum atomic E-state index is 10.9. The van der Waals surface area contributed by atoms with Crippen LogP contribution in [0.25, 0.3) is 0 Å². The van der Waals surface area contributed by atoms with Crippen LogP contribution in [0.1, 0.15) is 51.9 Å². The van der Waals surface area contributed by atoms with Gasteiger partial charge in [-0.2, -0.15) is 0 Å². The molecule has 0 bridgehead atoms. The van der Waals surface area contributed by atoms with E-state index in [9.17, 15) is 4.79 Å². The lowest BCUT2D eigenvalue weighted by Crippen LogP contribution is -2.50. The highest BCUT2D eigenvalue weighted by atomic mass is 16.1. The predicted octanol–water partition coefficient (Wildman–Crippen LogP) is 1.51. The van der Waals surface area contributed by atoms with E-state index in [4.69, 9.17) is 0 Å². The Balaban J connectivity index is 1.66. The summed E-state index contributed by atoms with van der Waals surface area (Å²) >= 11 is 0. The normalized spacial score (nSPS) is 26.3. The molecule has 1 atom stereocenters. The Morgan fingerprint density at radius 2 is 1.84 bits per heavy atom. The zero-order chi connectivity index (χ0) is 13.5. The molecule has 1 aliphatic heterocycles. The van der Waals surface area contributed by atoms with Crippen molar-refractivity contribution in [2.45, 2.75) is 64.0 Å². The Morgan fingerprint density at radius 3 is 2.58 bits per heavy atom. The third-order valence-corrected chi connectivity index (χ3v) is 4.38. The molecule has 0 radical (unpaired) electrons. The Labute approximate surface area is 117 Å². The number of piperidine rings is 1. The summed E-state index contributed by atoms with van der Waals surface area (Å²) in [7, 11) is 0. The van der Waals surface area contributed by atoms with Crippen molar-refractivity contribution < 1.29 is 4.79 Å². The molecule has 110 valence electrons. The van der Waals surface area contributed by atoms with Gasteiger partial charge in [0, 0.05) is 38.6 Å². The van der Waals surface area contributed by atoms with E-state index < -0.39 is 0 Å². The van der Waals surface area contributed by atoms with Crippen molar-refractivity contribution in [3.05, 3.63) is 0 Å². The van der Waals surface area contributed by atoms with E-state index >= 15 is 0 Å². The van der Waals surface area contributed by atoms with Gasteiger partial charge in [0.15, 0.2) is 0 Å². The lowest BCUT2D eigenvalue weighted by Gasteiger charge is -2.36. The number of carbonyl (C=O) groups is 1. The van der Waals surface area contributed by atoms with Crippen molar-refractivity contribution in [1.82, 2.24) is 15.5 Å². The minimum atomic E-state index is 0.0777. The van der Waals surface area contributed by atoms with Crippen LogP contribution in [0.3, 0.4) is 0 Å². The second kappa shape index (κ2) is 7.85. The van der Waals surface area contributed by atoms with Crippen molar-refractivity contribution in [2.24, 2.45) is 0 Å². The molecule has 2 aliphatic rings. The Bertz CT molecular complexity index is 277. The van der Waals surface area contributed by atoms with Gasteiger partial charge in [0.05, 0.1) is 0 Å². The third kappa shape index (κ3) is 5.49. The van der Waals surface area contributed by atoms with Gasteiger partial charge in [-0.25, -0.2) is 0 Å². The Morgan fingerprint density at radius 1 is 1.11 bits per heavy atom. The molecular weight excluding hydrogens is 238 g/mol. The van der Waals surface area contributed by atoms with Crippen molar-refractivity contribution in [3.63, 3.8) is 0 Å².